The van der Waals surface area contributed by atoms with Crippen molar-refractivity contribution < 1.29 is 53.8 Å². The summed E-state index contributed by atoms with van der Waals surface area (Å²) in [4.78, 5) is 43.9. The summed E-state index contributed by atoms with van der Waals surface area (Å²) in [6.45, 7) is 0. The molecular formula is C8H9O12Sb. The van der Waals surface area contributed by atoms with Crippen LogP contribution in [0.4, 0.5) is 0 Å². The Balaban J connectivity index is 2.74. The number of carboxylic acid groups (broad SMARTS) is 1. The zero-order valence-electron chi connectivity index (χ0n) is 9.85. The molecule has 13 heteroatoms. The summed E-state index contributed by atoms with van der Waals surface area (Å²) in [7, 11) is 0. The molecule has 0 unspecified atom stereocenters. The second-order valence-corrected chi connectivity index (χ2v) is 6.41. The van der Waals surface area contributed by atoms with E-state index in [-0.39, 0.29) is 0 Å². The summed E-state index contributed by atoms with van der Waals surface area (Å²) >= 11 is -4.37. The normalized spacial score (nSPS) is 26.1. The first-order valence-electron chi connectivity index (χ1n) is 5.05. The Morgan fingerprint density at radius 1 is 1.05 bits per heavy atom. The van der Waals surface area contributed by atoms with Crippen LogP contribution in [-0.4, -0.2) is 95.3 Å². The minimum atomic E-state index is -4.37. The van der Waals surface area contributed by atoms with Crippen molar-refractivity contribution in [2.45, 2.75) is 24.4 Å². The first kappa shape index (κ1) is 17.6. The Morgan fingerprint density at radius 2 is 1.48 bits per heavy atom. The van der Waals surface area contributed by atoms with Crippen LogP contribution in [0.25, 0.3) is 0 Å². The number of hydrogen-bond acceptors (Lipinski definition) is 11. The molecule has 0 aromatic carbocycles. The predicted octanol–water partition coefficient (Wildman–Crippen LogP) is -4.86. The fourth-order valence-electron chi connectivity index (χ4n) is 0.960. The molecule has 0 radical (unpaired) electrons. The molecule has 0 aromatic heterocycles. The van der Waals surface area contributed by atoms with Crippen LogP contribution in [0.1, 0.15) is 0 Å². The first-order chi connectivity index (χ1) is 9.65. The number of aliphatic carboxylic acids is 1. The number of rotatable bonds is 4. The van der Waals surface area contributed by atoms with Crippen LogP contribution in [0.2, 0.25) is 0 Å². The fraction of sp³-hybridized carbons (Fsp3) is 0.500. The van der Waals surface area contributed by atoms with Gasteiger partial charge in [0.05, 0.1) is 0 Å². The molecule has 12 nitrogen and oxygen atoms in total. The molecule has 1 fully saturated rings. The van der Waals surface area contributed by atoms with Crippen molar-refractivity contribution in [1.82, 2.24) is 0 Å². The number of aliphatic hydroxyl groups is 4. The molecule has 0 saturated carbocycles. The third kappa shape index (κ3) is 4.25. The Kier molecular flexibility index (Phi) is 5.86. The molecule has 0 aromatic rings. The van der Waals surface area contributed by atoms with Crippen LogP contribution in [-0.2, 0) is 28.2 Å². The number of carboxylic acids is 1. The van der Waals surface area contributed by atoms with Crippen molar-refractivity contribution in [3.63, 3.8) is 0 Å². The van der Waals surface area contributed by atoms with E-state index in [4.69, 9.17) is 25.5 Å². The Morgan fingerprint density at radius 3 is 1.86 bits per heavy atom. The first-order valence-corrected chi connectivity index (χ1v) is 8.18. The second kappa shape index (κ2) is 7.00. The van der Waals surface area contributed by atoms with Crippen molar-refractivity contribution >= 4 is 45.3 Å². The molecule has 21 heavy (non-hydrogen) atoms. The summed E-state index contributed by atoms with van der Waals surface area (Å²) in [5.74, 6) is -6.61. The molecule has 1 aliphatic heterocycles. The molecule has 1 aliphatic rings. The van der Waals surface area contributed by atoms with Crippen molar-refractivity contribution in [3.05, 3.63) is 0 Å². The molecule has 0 amide bonds. The van der Waals surface area contributed by atoms with Crippen molar-refractivity contribution in [3.8, 4) is 0 Å². The van der Waals surface area contributed by atoms with Gasteiger partial charge >= 0.3 is 124 Å². The van der Waals surface area contributed by atoms with E-state index in [1.54, 1.807) is 0 Å². The number of carbonyl (C=O) groups excluding carboxylic acids is 3. The van der Waals surface area contributed by atoms with Gasteiger partial charge in [-0.1, -0.05) is 0 Å². The standard InChI is InChI=1S/2C4H6O6.Sb/c2*5-1(3(7)8)2(6)4(9)10;/h2*1-2,5-6H,(H,7,8)(H,9,10);/q;;+3/p-3/t1-,2+;1-,2-;/m.1./s1. The van der Waals surface area contributed by atoms with Gasteiger partial charge in [-0.05, 0) is 0 Å². The van der Waals surface area contributed by atoms with Crippen LogP contribution in [0, 0.1) is 0 Å². The van der Waals surface area contributed by atoms with Gasteiger partial charge in [0.15, 0.2) is 0 Å². The SMILES string of the molecule is O=C1[O][Sb]([O]C(=O)[C@H](O)[C@@H](O)C(=O)O)[O]C(=O)[C@H](O)[C@@H]1O. The van der Waals surface area contributed by atoms with Gasteiger partial charge in [-0.2, -0.15) is 0 Å². The molecule has 1 rings (SSSR count). The summed E-state index contributed by atoms with van der Waals surface area (Å²) in [5, 5.41) is 44.6. The van der Waals surface area contributed by atoms with E-state index in [0.29, 0.717) is 0 Å². The van der Waals surface area contributed by atoms with Crippen LogP contribution in [0.3, 0.4) is 0 Å². The molecule has 0 bridgehead atoms. The van der Waals surface area contributed by atoms with Crippen molar-refractivity contribution in [1.29, 1.82) is 0 Å². The second-order valence-electron chi connectivity index (χ2n) is 3.57. The zero-order chi connectivity index (χ0) is 16.3. The summed E-state index contributed by atoms with van der Waals surface area (Å²) in [6.07, 6.45) is -9.49. The monoisotopic (exact) mass is 418 g/mol. The third-order valence-corrected chi connectivity index (χ3v) is 4.89. The van der Waals surface area contributed by atoms with E-state index < -0.39 is 69.8 Å². The fourth-order valence-corrected chi connectivity index (χ4v) is 3.46. The van der Waals surface area contributed by atoms with E-state index in [1.165, 1.54) is 0 Å². The molecule has 5 N–H and O–H groups in total. The molecule has 0 aliphatic carbocycles. The third-order valence-electron chi connectivity index (χ3n) is 2.07. The van der Waals surface area contributed by atoms with Gasteiger partial charge in [0.25, 0.3) is 0 Å². The molecule has 0 spiro atoms. The topological polar surface area (TPSA) is 197 Å². The molecule has 118 valence electrons. The van der Waals surface area contributed by atoms with E-state index in [1.807, 2.05) is 0 Å². The summed E-state index contributed by atoms with van der Waals surface area (Å²) in [6, 6.07) is 0. The summed E-state index contributed by atoms with van der Waals surface area (Å²) < 4.78 is 13.0. The Hall–Kier alpha value is -1.46. The summed E-state index contributed by atoms with van der Waals surface area (Å²) in [5.41, 5.74) is 0. The Bertz CT molecular complexity index is 440. The van der Waals surface area contributed by atoms with E-state index in [2.05, 4.69) is 9.05 Å². The van der Waals surface area contributed by atoms with Crippen LogP contribution >= 0.6 is 0 Å². The number of carbonyl (C=O) groups is 4. The maximum absolute atomic E-state index is 11.3. The van der Waals surface area contributed by atoms with Gasteiger partial charge < -0.3 is 0 Å². The van der Waals surface area contributed by atoms with Gasteiger partial charge in [0.1, 0.15) is 0 Å². The minimum absolute atomic E-state index is 1.49. The van der Waals surface area contributed by atoms with Gasteiger partial charge in [-0.15, -0.1) is 0 Å². The van der Waals surface area contributed by atoms with E-state index in [0.717, 1.165) is 0 Å². The quantitative estimate of drug-likeness (QED) is 0.273. The Labute approximate surface area is 124 Å². The maximum atomic E-state index is 11.3. The predicted molar refractivity (Wildman–Crippen MR) is 55.7 cm³/mol. The van der Waals surface area contributed by atoms with Crippen molar-refractivity contribution in [2.24, 2.45) is 0 Å². The number of hydrogen-bond donors (Lipinski definition) is 5. The zero-order valence-corrected chi connectivity index (χ0v) is 12.4. The molecule has 1 heterocycles. The average Bonchev–Trinajstić information content (AvgIpc) is 2.50. The van der Waals surface area contributed by atoms with Crippen LogP contribution in [0.5, 0.6) is 0 Å². The van der Waals surface area contributed by atoms with Gasteiger partial charge in [-0.25, -0.2) is 0 Å². The molecule has 1 saturated heterocycles. The number of aliphatic hydroxyl groups excluding tert-OH is 4. The van der Waals surface area contributed by atoms with Crippen LogP contribution < -0.4 is 0 Å². The van der Waals surface area contributed by atoms with E-state index >= 15 is 0 Å². The van der Waals surface area contributed by atoms with Gasteiger partial charge in [0.2, 0.25) is 0 Å². The molecule has 4 atom stereocenters. The average molecular weight is 419 g/mol. The van der Waals surface area contributed by atoms with Gasteiger partial charge in [-0.3, -0.25) is 0 Å². The van der Waals surface area contributed by atoms with Crippen molar-refractivity contribution in [2.75, 3.05) is 0 Å². The van der Waals surface area contributed by atoms with Crippen LogP contribution in [0.15, 0.2) is 0 Å². The van der Waals surface area contributed by atoms with E-state index in [9.17, 15) is 19.2 Å². The molecular weight excluding hydrogens is 410 g/mol. The van der Waals surface area contributed by atoms with Gasteiger partial charge in [0, 0.05) is 0 Å².